The minimum Gasteiger partial charge on any atom is -0.496 e. The Morgan fingerprint density at radius 1 is 1.19 bits per heavy atom. The van der Waals surface area contributed by atoms with E-state index in [4.69, 9.17) is 15.2 Å². The predicted molar refractivity (Wildman–Crippen MR) is 78.8 cm³/mol. The van der Waals surface area contributed by atoms with E-state index in [1.54, 1.807) is 18.2 Å². The van der Waals surface area contributed by atoms with Crippen LogP contribution in [0, 0.1) is 10.1 Å². The third kappa shape index (κ3) is 3.29. The standard InChI is InChI=1S/C15H16N2O4/c1-10(16)12-5-3-4-6-14(12)21-15-8-7-11(20-2)9-13(15)17(18)19/h3-10H,16H2,1-2H3/t10-/m0/s1. The van der Waals surface area contributed by atoms with Crippen molar-refractivity contribution in [2.24, 2.45) is 5.73 Å². The van der Waals surface area contributed by atoms with Gasteiger partial charge < -0.3 is 15.2 Å². The van der Waals surface area contributed by atoms with Crippen molar-refractivity contribution < 1.29 is 14.4 Å². The van der Waals surface area contributed by atoms with Crippen molar-refractivity contribution in [1.82, 2.24) is 0 Å². The zero-order valence-electron chi connectivity index (χ0n) is 11.8. The molecule has 2 rings (SSSR count). The second-order valence-corrected chi connectivity index (χ2v) is 4.52. The molecule has 2 aromatic carbocycles. The monoisotopic (exact) mass is 288 g/mol. The molecule has 0 aliphatic carbocycles. The molecule has 6 heteroatoms. The summed E-state index contributed by atoms with van der Waals surface area (Å²) in [5.74, 6) is 1.05. The van der Waals surface area contributed by atoms with E-state index >= 15 is 0 Å². The van der Waals surface area contributed by atoms with Crippen molar-refractivity contribution in [2.75, 3.05) is 7.11 Å². The van der Waals surface area contributed by atoms with E-state index in [1.807, 2.05) is 19.1 Å². The fourth-order valence-corrected chi connectivity index (χ4v) is 1.92. The van der Waals surface area contributed by atoms with Gasteiger partial charge in [0.25, 0.3) is 0 Å². The minimum atomic E-state index is -0.508. The lowest BCUT2D eigenvalue weighted by molar-refractivity contribution is -0.385. The fraction of sp³-hybridized carbons (Fsp3) is 0.200. The molecule has 0 heterocycles. The number of ether oxygens (including phenoxy) is 2. The van der Waals surface area contributed by atoms with Crippen molar-refractivity contribution in [3.8, 4) is 17.2 Å². The van der Waals surface area contributed by atoms with Crippen LogP contribution in [-0.4, -0.2) is 12.0 Å². The topological polar surface area (TPSA) is 87.6 Å². The zero-order valence-corrected chi connectivity index (χ0v) is 11.8. The normalized spacial score (nSPS) is 11.8. The number of hydrogen-bond acceptors (Lipinski definition) is 5. The van der Waals surface area contributed by atoms with Crippen LogP contribution in [0.5, 0.6) is 17.2 Å². The van der Waals surface area contributed by atoms with E-state index in [1.165, 1.54) is 19.2 Å². The first-order chi connectivity index (χ1) is 10.0. The first-order valence-corrected chi connectivity index (χ1v) is 6.37. The number of hydrogen-bond donors (Lipinski definition) is 1. The Labute approximate surface area is 122 Å². The van der Waals surface area contributed by atoms with Crippen molar-refractivity contribution in [3.63, 3.8) is 0 Å². The molecule has 0 unspecified atom stereocenters. The number of benzene rings is 2. The number of nitrogens with zero attached hydrogens (tertiary/aromatic N) is 1. The van der Waals surface area contributed by atoms with Crippen LogP contribution >= 0.6 is 0 Å². The highest BCUT2D eigenvalue weighted by molar-refractivity contribution is 5.53. The van der Waals surface area contributed by atoms with E-state index in [-0.39, 0.29) is 17.5 Å². The highest BCUT2D eigenvalue weighted by Gasteiger charge is 2.18. The van der Waals surface area contributed by atoms with Gasteiger partial charge in [-0.05, 0) is 25.1 Å². The molecule has 0 spiro atoms. The summed E-state index contributed by atoms with van der Waals surface area (Å²) in [5.41, 5.74) is 6.50. The molecule has 0 saturated carbocycles. The Kier molecular flexibility index (Phi) is 4.39. The van der Waals surface area contributed by atoms with Crippen molar-refractivity contribution in [1.29, 1.82) is 0 Å². The third-order valence-electron chi connectivity index (χ3n) is 2.99. The smallest absolute Gasteiger partial charge is 0.315 e. The lowest BCUT2D eigenvalue weighted by Crippen LogP contribution is -2.06. The number of rotatable bonds is 5. The summed E-state index contributed by atoms with van der Waals surface area (Å²) in [6, 6.07) is 11.4. The van der Waals surface area contributed by atoms with Gasteiger partial charge in [0.15, 0.2) is 0 Å². The molecule has 2 N–H and O–H groups in total. The number of methoxy groups -OCH3 is 1. The maximum Gasteiger partial charge on any atom is 0.315 e. The van der Waals surface area contributed by atoms with Gasteiger partial charge in [0.2, 0.25) is 5.75 Å². The first-order valence-electron chi connectivity index (χ1n) is 6.37. The molecule has 0 fully saturated rings. The number of nitro benzene ring substituents is 1. The first kappa shape index (κ1) is 14.8. The molecule has 110 valence electrons. The Balaban J connectivity index is 2.42. The Morgan fingerprint density at radius 3 is 2.52 bits per heavy atom. The highest BCUT2D eigenvalue weighted by Crippen LogP contribution is 2.36. The molecular formula is C15H16N2O4. The van der Waals surface area contributed by atoms with Crippen molar-refractivity contribution in [2.45, 2.75) is 13.0 Å². The molecule has 6 nitrogen and oxygen atoms in total. The van der Waals surface area contributed by atoms with Gasteiger partial charge in [0.05, 0.1) is 18.1 Å². The second-order valence-electron chi connectivity index (χ2n) is 4.52. The number of para-hydroxylation sites is 1. The van der Waals surface area contributed by atoms with Crippen molar-refractivity contribution in [3.05, 3.63) is 58.1 Å². The SMILES string of the molecule is COc1ccc(Oc2ccccc2[C@H](C)N)c([N+](=O)[O-])c1. The van der Waals surface area contributed by atoms with Gasteiger partial charge in [-0.2, -0.15) is 0 Å². The van der Waals surface area contributed by atoms with Crippen LogP contribution in [0.2, 0.25) is 0 Å². The Bertz CT molecular complexity index is 656. The van der Waals surface area contributed by atoms with Crippen LogP contribution in [0.4, 0.5) is 5.69 Å². The van der Waals surface area contributed by atoms with Crippen LogP contribution in [0.3, 0.4) is 0 Å². The molecule has 0 aliphatic heterocycles. The van der Waals surface area contributed by atoms with Gasteiger partial charge in [0, 0.05) is 11.6 Å². The molecule has 2 aromatic rings. The fourth-order valence-electron chi connectivity index (χ4n) is 1.92. The summed E-state index contributed by atoms with van der Waals surface area (Å²) in [4.78, 5) is 10.6. The largest absolute Gasteiger partial charge is 0.496 e. The van der Waals surface area contributed by atoms with Crippen molar-refractivity contribution >= 4 is 5.69 Å². The van der Waals surface area contributed by atoms with E-state index in [0.717, 1.165) is 5.56 Å². The molecule has 0 bridgehead atoms. The summed E-state index contributed by atoms with van der Waals surface area (Å²) in [6.45, 7) is 1.82. The van der Waals surface area contributed by atoms with Crippen LogP contribution in [0.15, 0.2) is 42.5 Å². The van der Waals surface area contributed by atoms with E-state index < -0.39 is 4.92 Å². The molecular weight excluding hydrogens is 272 g/mol. The van der Waals surface area contributed by atoms with Gasteiger partial charge in [-0.1, -0.05) is 18.2 Å². The molecule has 0 saturated heterocycles. The summed E-state index contributed by atoms with van der Waals surface area (Å²) in [7, 11) is 1.45. The number of nitro groups is 1. The van der Waals surface area contributed by atoms with Gasteiger partial charge in [-0.25, -0.2) is 0 Å². The van der Waals surface area contributed by atoms with Gasteiger partial charge in [0.1, 0.15) is 11.5 Å². The Hall–Kier alpha value is -2.60. The molecule has 0 amide bonds. The van der Waals surface area contributed by atoms with Crippen LogP contribution < -0.4 is 15.2 Å². The highest BCUT2D eigenvalue weighted by atomic mass is 16.6. The average molecular weight is 288 g/mol. The lowest BCUT2D eigenvalue weighted by atomic mass is 10.1. The average Bonchev–Trinajstić information content (AvgIpc) is 2.47. The second kappa shape index (κ2) is 6.23. The van der Waals surface area contributed by atoms with Gasteiger partial charge >= 0.3 is 5.69 Å². The maximum absolute atomic E-state index is 11.1. The molecule has 0 aromatic heterocycles. The Morgan fingerprint density at radius 2 is 1.90 bits per heavy atom. The van der Waals surface area contributed by atoms with Crippen LogP contribution in [-0.2, 0) is 0 Å². The molecule has 0 radical (unpaired) electrons. The molecule has 1 atom stereocenters. The maximum atomic E-state index is 11.1. The van der Waals surface area contributed by atoms with Gasteiger partial charge in [-0.3, -0.25) is 10.1 Å². The summed E-state index contributed by atoms with van der Waals surface area (Å²) in [5, 5.41) is 11.1. The molecule has 21 heavy (non-hydrogen) atoms. The third-order valence-corrected chi connectivity index (χ3v) is 2.99. The summed E-state index contributed by atoms with van der Waals surface area (Å²) < 4.78 is 10.7. The zero-order chi connectivity index (χ0) is 15.4. The van der Waals surface area contributed by atoms with E-state index in [0.29, 0.717) is 11.5 Å². The van der Waals surface area contributed by atoms with Crippen LogP contribution in [0.25, 0.3) is 0 Å². The van der Waals surface area contributed by atoms with Gasteiger partial charge in [-0.15, -0.1) is 0 Å². The quantitative estimate of drug-likeness (QED) is 0.672. The lowest BCUT2D eigenvalue weighted by Gasteiger charge is -2.13. The summed E-state index contributed by atoms with van der Waals surface area (Å²) >= 11 is 0. The van der Waals surface area contributed by atoms with Crippen LogP contribution in [0.1, 0.15) is 18.5 Å². The molecule has 0 aliphatic rings. The predicted octanol–water partition coefficient (Wildman–Crippen LogP) is 3.42. The summed E-state index contributed by atoms with van der Waals surface area (Å²) in [6.07, 6.45) is 0. The van der Waals surface area contributed by atoms with E-state index in [2.05, 4.69) is 0 Å². The van der Waals surface area contributed by atoms with E-state index in [9.17, 15) is 10.1 Å². The minimum absolute atomic E-state index is 0.147. The number of nitrogens with two attached hydrogens (primary N) is 1.